The number of rotatable bonds is 5. The zero-order chi connectivity index (χ0) is 14.7. The van der Waals surface area contributed by atoms with Crippen molar-refractivity contribution in [3.05, 3.63) is 36.5 Å². The van der Waals surface area contributed by atoms with Crippen molar-refractivity contribution in [2.75, 3.05) is 6.54 Å². The van der Waals surface area contributed by atoms with Crippen LogP contribution in [-0.2, 0) is 16.6 Å². The molecule has 0 aliphatic carbocycles. The van der Waals surface area contributed by atoms with Gasteiger partial charge >= 0.3 is 0 Å². The van der Waals surface area contributed by atoms with E-state index in [1.807, 2.05) is 20.8 Å². The molecule has 0 aliphatic heterocycles. The molecular weight excluding hydrogens is 264 g/mol. The van der Waals surface area contributed by atoms with Crippen LogP contribution in [0.1, 0.15) is 26.3 Å². The minimum Gasteiger partial charge on any atom is -0.392 e. The fourth-order valence-corrected chi connectivity index (χ4v) is 3.29. The van der Waals surface area contributed by atoms with Crippen LogP contribution < -0.4 is 0 Å². The SMILES string of the molecule is C=CCN(C(C)(C)C)S(=O)(=O)c1ccc(CO)cn1. The summed E-state index contributed by atoms with van der Waals surface area (Å²) in [6.07, 6.45) is 2.91. The van der Waals surface area contributed by atoms with E-state index in [-0.39, 0.29) is 18.2 Å². The molecular formula is C13H20N2O3S. The molecule has 0 amide bonds. The molecule has 0 aromatic carbocycles. The van der Waals surface area contributed by atoms with Crippen LogP contribution in [0.15, 0.2) is 36.0 Å². The number of aliphatic hydroxyl groups excluding tert-OH is 1. The molecule has 0 unspecified atom stereocenters. The Bertz CT molecular complexity index is 530. The molecule has 1 aromatic heterocycles. The number of pyridine rings is 1. The second kappa shape index (κ2) is 5.81. The van der Waals surface area contributed by atoms with Gasteiger partial charge in [-0.2, -0.15) is 4.31 Å². The van der Waals surface area contributed by atoms with E-state index in [0.29, 0.717) is 5.56 Å². The van der Waals surface area contributed by atoms with E-state index < -0.39 is 15.6 Å². The predicted octanol–water partition coefficient (Wildman–Crippen LogP) is 1.55. The Balaban J connectivity index is 3.22. The Morgan fingerprint density at radius 2 is 2.05 bits per heavy atom. The third-order valence-corrected chi connectivity index (χ3v) is 4.62. The zero-order valence-electron chi connectivity index (χ0n) is 11.5. The number of sulfonamides is 1. The maximum Gasteiger partial charge on any atom is 0.261 e. The number of nitrogens with zero attached hydrogens (tertiary/aromatic N) is 2. The summed E-state index contributed by atoms with van der Waals surface area (Å²) in [6, 6.07) is 2.96. The number of aliphatic hydroxyl groups is 1. The fourth-order valence-electron chi connectivity index (χ4n) is 1.62. The van der Waals surface area contributed by atoms with Crippen LogP contribution >= 0.6 is 0 Å². The van der Waals surface area contributed by atoms with Crippen LogP contribution in [0.2, 0.25) is 0 Å². The van der Waals surface area contributed by atoms with E-state index in [2.05, 4.69) is 11.6 Å². The fraction of sp³-hybridized carbons (Fsp3) is 0.462. The summed E-state index contributed by atoms with van der Waals surface area (Å²) in [6.45, 7) is 9.09. The van der Waals surface area contributed by atoms with Gasteiger partial charge in [0.05, 0.1) is 6.61 Å². The van der Waals surface area contributed by atoms with Gasteiger partial charge in [0.15, 0.2) is 5.03 Å². The average Bonchev–Trinajstić information content (AvgIpc) is 2.34. The lowest BCUT2D eigenvalue weighted by molar-refractivity contribution is 0.268. The smallest absolute Gasteiger partial charge is 0.261 e. The Labute approximate surface area is 114 Å². The van der Waals surface area contributed by atoms with Crippen molar-refractivity contribution in [3.8, 4) is 0 Å². The average molecular weight is 284 g/mol. The van der Waals surface area contributed by atoms with Crippen LogP contribution in [0, 0.1) is 0 Å². The molecule has 0 aliphatic rings. The summed E-state index contributed by atoms with van der Waals surface area (Å²) < 4.78 is 26.4. The van der Waals surface area contributed by atoms with Gasteiger partial charge in [-0.25, -0.2) is 13.4 Å². The third kappa shape index (κ3) is 3.62. The highest BCUT2D eigenvalue weighted by Crippen LogP contribution is 2.23. The summed E-state index contributed by atoms with van der Waals surface area (Å²) in [7, 11) is -3.68. The summed E-state index contributed by atoms with van der Waals surface area (Å²) in [4.78, 5) is 3.91. The molecule has 19 heavy (non-hydrogen) atoms. The molecule has 6 heteroatoms. The van der Waals surface area contributed by atoms with Crippen molar-refractivity contribution in [1.82, 2.24) is 9.29 Å². The summed E-state index contributed by atoms with van der Waals surface area (Å²) in [5, 5.41) is 8.91. The minimum atomic E-state index is -3.68. The molecule has 1 N–H and O–H groups in total. The molecule has 0 radical (unpaired) electrons. The Kier molecular flexibility index (Phi) is 4.84. The van der Waals surface area contributed by atoms with Crippen molar-refractivity contribution in [1.29, 1.82) is 0 Å². The van der Waals surface area contributed by atoms with Crippen LogP contribution in [0.4, 0.5) is 0 Å². The number of hydrogen-bond acceptors (Lipinski definition) is 4. The van der Waals surface area contributed by atoms with Crippen LogP contribution in [0.5, 0.6) is 0 Å². The third-order valence-electron chi connectivity index (χ3n) is 2.58. The Morgan fingerprint density at radius 1 is 1.42 bits per heavy atom. The van der Waals surface area contributed by atoms with E-state index in [1.165, 1.54) is 16.6 Å². The van der Waals surface area contributed by atoms with Crippen LogP contribution in [-0.4, -0.2) is 34.9 Å². The van der Waals surface area contributed by atoms with Gasteiger partial charge in [-0.05, 0) is 32.4 Å². The van der Waals surface area contributed by atoms with Crippen molar-refractivity contribution >= 4 is 10.0 Å². The molecule has 0 spiro atoms. The monoisotopic (exact) mass is 284 g/mol. The molecule has 0 saturated heterocycles. The molecule has 1 heterocycles. The topological polar surface area (TPSA) is 70.5 Å². The van der Waals surface area contributed by atoms with Crippen molar-refractivity contribution in [2.24, 2.45) is 0 Å². The van der Waals surface area contributed by atoms with E-state index in [4.69, 9.17) is 5.11 Å². The normalized spacial score (nSPS) is 12.7. The minimum absolute atomic E-state index is 0.0264. The van der Waals surface area contributed by atoms with Gasteiger partial charge in [0.25, 0.3) is 10.0 Å². The van der Waals surface area contributed by atoms with Gasteiger partial charge in [-0.15, -0.1) is 6.58 Å². The van der Waals surface area contributed by atoms with Crippen LogP contribution in [0.25, 0.3) is 0 Å². The van der Waals surface area contributed by atoms with Gasteiger partial charge in [0.1, 0.15) is 0 Å². The Hall–Kier alpha value is -1.24. The molecule has 0 fully saturated rings. The largest absolute Gasteiger partial charge is 0.392 e. The van der Waals surface area contributed by atoms with Gasteiger partial charge in [-0.1, -0.05) is 12.1 Å². The molecule has 5 nitrogen and oxygen atoms in total. The Morgan fingerprint density at radius 3 is 2.42 bits per heavy atom. The molecule has 0 bridgehead atoms. The summed E-state index contributed by atoms with van der Waals surface area (Å²) in [5.41, 5.74) is 0.00893. The van der Waals surface area contributed by atoms with E-state index in [1.54, 1.807) is 12.1 Å². The lowest BCUT2D eigenvalue weighted by Crippen LogP contribution is -2.45. The predicted molar refractivity (Wildman–Crippen MR) is 74.0 cm³/mol. The lowest BCUT2D eigenvalue weighted by Gasteiger charge is -2.33. The van der Waals surface area contributed by atoms with Crippen molar-refractivity contribution < 1.29 is 13.5 Å². The highest BCUT2D eigenvalue weighted by Gasteiger charge is 2.33. The molecule has 1 rings (SSSR count). The molecule has 106 valence electrons. The molecule has 1 aromatic rings. The maximum atomic E-state index is 12.5. The van der Waals surface area contributed by atoms with Crippen molar-refractivity contribution in [2.45, 2.75) is 37.9 Å². The standard InChI is InChI=1S/C13H20N2O3S/c1-5-8-15(13(2,3)4)19(17,18)12-7-6-11(10-16)9-14-12/h5-7,9,16H,1,8,10H2,2-4H3. The van der Waals surface area contributed by atoms with E-state index >= 15 is 0 Å². The number of hydrogen-bond donors (Lipinski definition) is 1. The quantitative estimate of drug-likeness (QED) is 0.833. The molecule has 0 saturated carbocycles. The van der Waals surface area contributed by atoms with Crippen LogP contribution in [0.3, 0.4) is 0 Å². The summed E-state index contributed by atoms with van der Waals surface area (Å²) in [5.74, 6) is 0. The zero-order valence-corrected chi connectivity index (χ0v) is 12.3. The first-order chi connectivity index (χ1) is 8.73. The summed E-state index contributed by atoms with van der Waals surface area (Å²) >= 11 is 0. The van der Waals surface area contributed by atoms with Gasteiger partial charge in [0.2, 0.25) is 0 Å². The van der Waals surface area contributed by atoms with Crippen molar-refractivity contribution in [3.63, 3.8) is 0 Å². The van der Waals surface area contributed by atoms with E-state index in [0.717, 1.165) is 0 Å². The first kappa shape index (κ1) is 15.8. The molecule has 0 atom stereocenters. The highest BCUT2D eigenvalue weighted by molar-refractivity contribution is 7.89. The maximum absolute atomic E-state index is 12.5. The van der Waals surface area contributed by atoms with Gasteiger partial charge in [-0.3, -0.25) is 0 Å². The van der Waals surface area contributed by atoms with Gasteiger partial charge in [0, 0.05) is 18.3 Å². The first-order valence-electron chi connectivity index (χ1n) is 5.93. The number of aromatic nitrogens is 1. The van der Waals surface area contributed by atoms with Gasteiger partial charge < -0.3 is 5.11 Å². The highest BCUT2D eigenvalue weighted by atomic mass is 32.2. The second-order valence-electron chi connectivity index (χ2n) is 5.16. The second-order valence-corrected chi connectivity index (χ2v) is 6.97. The van der Waals surface area contributed by atoms with E-state index in [9.17, 15) is 8.42 Å². The first-order valence-corrected chi connectivity index (χ1v) is 7.37. The lowest BCUT2D eigenvalue weighted by atomic mass is 10.1.